The number of amides is 1. The molecule has 1 heterocycles. The summed E-state index contributed by atoms with van der Waals surface area (Å²) in [6.07, 6.45) is 0. The van der Waals surface area contributed by atoms with Gasteiger partial charge in [0.05, 0.1) is 17.0 Å². The number of para-hydroxylation sites is 1. The molecule has 0 bridgehead atoms. The van der Waals surface area contributed by atoms with Crippen LogP contribution in [0.15, 0.2) is 69.3 Å². The topological polar surface area (TPSA) is 87.6 Å². The van der Waals surface area contributed by atoms with Crippen molar-refractivity contribution in [3.63, 3.8) is 0 Å². The first-order valence-electron chi connectivity index (χ1n) is 8.85. The van der Waals surface area contributed by atoms with E-state index in [4.69, 9.17) is 0 Å². The summed E-state index contributed by atoms with van der Waals surface area (Å²) in [7, 11) is -3.76. The van der Waals surface area contributed by atoms with E-state index in [1.807, 2.05) is 32.0 Å². The number of nitrogens with zero attached hydrogens (tertiary/aromatic N) is 1. The van der Waals surface area contributed by atoms with E-state index in [0.717, 1.165) is 22.5 Å². The summed E-state index contributed by atoms with van der Waals surface area (Å²) in [6.45, 7) is 5.85. The smallest absolute Gasteiger partial charge is 0.273 e. The minimum Gasteiger partial charge on any atom is -0.278 e. The maximum Gasteiger partial charge on any atom is 0.273 e. The summed E-state index contributed by atoms with van der Waals surface area (Å²) in [5, 5.41) is 5.85. The molecule has 0 spiro atoms. The van der Waals surface area contributed by atoms with Crippen LogP contribution in [0.1, 0.15) is 34.0 Å². The predicted octanol–water partition coefficient (Wildman–Crippen LogP) is 4.32. The van der Waals surface area contributed by atoms with Crippen LogP contribution in [0.25, 0.3) is 0 Å². The van der Waals surface area contributed by atoms with Crippen LogP contribution in [0.3, 0.4) is 0 Å². The van der Waals surface area contributed by atoms with Crippen LogP contribution in [0.2, 0.25) is 0 Å². The van der Waals surface area contributed by atoms with E-state index in [1.165, 1.54) is 11.6 Å². The Labute approximate surface area is 174 Å². The van der Waals surface area contributed by atoms with Crippen LogP contribution < -0.4 is 10.1 Å². The number of benzene rings is 2. The van der Waals surface area contributed by atoms with E-state index in [0.29, 0.717) is 5.71 Å². The SMILES string of the molecule is C/C(=N\NC(=O)c1ccccc1NS(=O)(=O)c1cccs1)c1ccc(C)c(C)c1. The average molecular weight is 428 g/mol. The molecule has 150 valence electrons. The van der Waals surface area contributed by atoms with Gasteiger partial charge in [0.25, 0.3) is 15.9 Å². The Bertz CT molecular complexity index is 1170. The van der Waals surface area contributed by atoms with Crippen LogP contribution in [-0.4, -0.2) is 20.0 Å². The van der Waals surface area contributed by atoms with Gasteiger partial charge >= 0.3 is 0 Å². The normalized spacial score (nSPS) is 11.9. The number of hydrogen-bond acceptors (Lipinski definition) is 5. The zero-order chi connectivity index (χ0) is 21.0. The quantitative estimate of drug-likeness (QED) is 0.454. The fourth-order valence-corrected chi connectivity index (χ4v) is 4.68. The lowest BCUT2D eigenvalue weighted by molar-refractivity contribution is 0.0955. The minimum absolute atomic E-state index is 0.177. The Morgan fingerprint density at radius 3 is 2.45 bits per heavy atom. The molecule has 2 N–H and O–H groups in total. The standard InChI is InChI=1S/C21H21N3O3S2/c1-14-10-11-17(13-15(14)2)16(3)22-23-21(25)18-7-4-5-8-19(18)24-29(26,27)20-9-6-12-28-20/h4-13,24H,1-3H3,(H,23,25)/b22-16+. The summed E-state index contributed by atoms with van der Waals surface area (Å²) in [5.41, 5.74) is 6.75. The Morgan fingerprint density at radius 2 is 1.76 bits per heavy atom. The molecule has 2 aromatic carbocycles. The van der Waals surface area contributed by atoms with Gasteiger partial charge < -0.3 is 0 Å². The Balaban J connectivity index is 1.80. The molecule has 0 atom stereocenters. The van der Waals surface area contributed by atoms with E-state index in [2.05, 4.69) is 15.2 Å². The van der Waals surface area contributed by atoms with E-state index in [9.17, 15) is 13.2 Å². The molecule has 0 aliphatic carbocycles. The van der Waals surface area contributed by atoms with Gasteiger partial charge in [-0.3, -0.25) is 9.52 Å². The van der Waals surface area contributed by atoms with Gasteiger partial charge in [-0.15, -0.1) is 11.3 Å². The van der Waals surface area contributed by atoms with E-state index >= 15 is 0 Å². The van der Waals surface area contributed by atoms with Crippen LogP contribution in [0, 0.1) is 13.8 Å². The fourth-order valence-electron chi connectivity index (χ4n) is 2.61. The first-order chi connectivity index (χ1) is 13.8. The third kappa shape index (κ3) is 4.90. The molecular weight excluding hydrogens is 406 g/mol. The molecule has 0 saturated heterocycles. The number of aryl methyl sites for hydroxylation is 2. The number of anilines is 1. The Morgan fingerprint density at radius 1 is 1.00 bits per heavy atom. The monoisotopic (exact) mass is 427 g/mol. The molecule has 0 aliphatic heterocycles. The molecule has 1 aromatic heterocycles. The highest BCUT2D eigenvalue weighted by Crippen LogP contribution is 2.23. The van der Waals surface area contributed by atoms with Crippen molar-refractivity contribution in [3.05, 3.63) is 82.2 Å². The van der Waals surface area contributed by atoms with Crippen molar-refractivity contribution < 1.29 is 13.2 Å². The molecule has 0 unspecified atom stereocenters. The van der Waals surface area contributed by atoms with E-state index < -0.39 is 15.9 Å². The number of nitrogens with one attached hydrogen (secondary N) is 2. The van der Waals surface area contributed by atoms with Crippen LogP contribution in [0.4, 0.5) is 5.69 Å². The summed E-state index contributed by atoms with van der Waals surface area (Å²) in [5.74, 6) is -0.502. The third-order valence-electron chi connectivity index (χ3n) is 4.43. The predicted molar refractivity (Wildman–Crippen MR) is 117 cm³/mol. The number of thiophene rings is 1. The molecule has 1 amide bonds. The van der Waals surface area contributed by atoms with Crippen molar-refractivity contribution in [3.8, 4) is 0 Å². The lowest BCUT2D eigenvalue weighted by Gasteiger charge is -2.11. The first kappa shape index (κ1) is 20.8. The molecule has 29 heavy (non-hydrogen) atoms. The maximum absolute atomic E-state index is 12.6. The molecule has 3 aromatic rings. The van der Waals surface area contributed by atoms with Gasteiger partial charge in [-0.05, 0) is 67.1 Å². The molecule has 0 radical (unpaired) electrons. The van der Waals surface area contributed by atoms with Crippen LogP contribution >= 0.6 is 11.3 Å². The second kappa shape index (κ2) is 8.59. The minimum atomic E-state index is -3.76. The fraction of sp³-hybridized carbons (Fsp3) is 0.143. The van der Waals surface area contributed by atoms with Crippen molar-refractivity contribution in [1.29, 1.82) is 0 Å². The average Bonchev–Trinajstić information content (AvgIpc) is 3.24. The van der Waals surface area contributed by atoms with Crippen LogP contribution in [-0.2, 0) is 10.0 Å². The van der Waals surface area contributed by atoms with Crippen molar-refractivity contribution in [2.75, 3.05) is 4.72 Å². The second-order valence-corrected chi connectivity index (χ2v) is 9.38. The third-order valence-corrected chi connectivity index (χ3v) is 7.19. The van der Waals surface area contributed by atoms with E-state index in [-0.39, 0.29) is 15.5 Å². The highest BCUT2D eigenvalue weighted by Gasteiger charge is 2.19. The highest BCUT2D eigenvalue weighted by molar-refractivity contribution is 7.94. The first-order valence-corrected chi connectivity index (χ1v) is 11.2. The molecule has 6 nitrogen and oxygen atoms in total. The Hall–Kier alpha value is -2.97. The Kier molecular flexibility index (Phi) is 6.14. The van der Waals surface area contributed by atoms with Gasteiger partial charge in [0.1, 0.15) is 4.21 Å². The van der Waals surface area contributed by atoms with Crippen LogP contribution in [0.5, 0.6) is 0 Å². The molecular formula is C21H21N3O3S2. The van der Waals surface area contributed by atoms with E-state index in [1.54, 1.807) is 42.6 Å². The summed E-state index contributed by atoms with van der Waals surface area (Å²) in [6, 6.07) is 15.5. The molecule has 0 saturated carbocycles. The number of hydrogen-bond donors (Lipinski definition) is 2. The number of rotatable bonds is 6. The van der Waals surface area contributed by atoms with Crippen molar-refractivity contribution in [2.45, 2.75) is 25.0 Å². The summed E-state index contributed by atoms with van der Waals surface area (Å²) in [4.78, 5) is 12.6. The largest absolute Gasteiger partial charge is 0.278 e. The molecule has 3 rings (SSSR count). The number of carbonyl (C=O) groups excluding carboxylic acids is 1. The lowest BCUT2D eigenvalue weighted by Crippen LogP contribution is -2.22. The van der Waals surface area contributed by atoms with Crippen molar-refractivity contribution in [2.24, 2.45) is 5.10 Å². The zero-order valence-corrected chi connectivity index (χ0v) is 17.9. The summed E-state index contributed by atoms with van der Waals surface area (Å²) < 4.78 is 27.6. The molecule has 0 fully saturated rings. The van der Waals surface area contributed by atoms with Gasteiger partial charge in [-0.2, -0.15) is 5.10 Å². The number of carbonyl (C=O) groups is 1. The number of hydrazone groups is 1. The highest BCUT2D eigenvalue weighted by atomic mass is 32.2. The zero-order valence-electron chi connectivity index (χ0n) is 16.3. The lowest BCUT2D eigenvalue weighted by atomic mass is 10.0. The van der Waals surface area contributed by atoms with Gasteiger partial charge in [-0.25, -0.2) is 13.8 Å². The van der Waals surface area contributed by atoms with Gasteiger partial charge in [0, 0.05) is 0 Å². The second-order valence-electron chi connectivity index (χ2n) is 6.52. The van der Waals surface area contributed by atoms with Gasteiger partial charge in [0.2, 0.25) is 0 Å². The molecule has 8 heteroatoms. The summed E-state index contributed by atoms with van der Waals surface area (Å²) >= 11 is 1.10. The van der Waals surface area contributed by atoms with Gasteiger partial charge in [0.15, 0.2) is 0 Å². The molecule has 0 aliphatic rings. The van der Waals surface area contributed by atoms with Gasteiger partial charge in [-0.1, -0.05) is 30.3 Å². The van der Waals surface area contributed by atoms with Crippen molar-refractivity contribution in [1.82, 2.24) is 5.43 Å². The number of sulfonamides is 1. The van der Waals surface area contributed by atoms with Crippen molar-refractivity contribution >= 4 is 38.7 Å². The maximum atomic E-state index is 12.6.